The van der Waals surface area contributed by atoms with Gasteiger partial charge in [-0.1, -0.05) is 12.1 Å². The predicted molar refractivity (Wildman–Crippen MR) is 81.1 cm³/mol. The van der Waals surface area contributed by atoms with Crippen LogP contribution in [0.25, 0.3) is 0 Å². The first-order chi connectivity index (χ1) is 9.49. The third-order valence-corrected chi connectivity index (χ3v) is 4.59. The number of hydrogen-bond donors (Lipinski definition) is 1. The molecule has 1 aliphatic heterocycles. The molecule has 0 amide bonds. The summed E-state index contributed by atoms with van der Waals surface area (Å²) in [4.78, 5) is 4.75. The minimum absolute atomic E-state index is 0.0900. The number of halogens is 1. The first-order valence-electron chi connectivity index (χ1n) is 7.40. The SMILES string of the molecule is CC(C(N)c1ccc(F)cc1)N(C)C1CCCN(C)C1. The first-order valence-corrected chi connectivity index (χ1v) is 7.40. The van der Waals surface area contributed by atoms with Crippen molar-refractivity contribution in [3.63, 3.8) is 0 Å². The van der Waals surface area contributed by atoms with E-state index in [0.29, 0.717) is 6.04 Å². The average molecular weight is 279 g/mol. The molecule has 3 unspecified atom stereocenters. The van der Waals surface area contributed by atoms with E-state index in [1.165, 1.54) is 31.5 Å². The number of hydrogen-bond acceptors (Lipinski definition) is 3. The van der Waals surface area contributed by atoms with Crippen LogP contribution in [0.4, 0.5) is 4.39 Å². The van der Waals surface area contributed by atoms with Crippen LogP contribution in [0.3, 0.4) is 0 Å². The molecule has 0 bridgehead atoms. The molecule has 4 heteroatoms. The van der Waals surface area contributed by atoms with E-state index in [0.717, 1.165) is 12.1 Å². The van der Waals surface area contributed by atoms with Crippen LogP contribution in [0.15, 0.2) is 24.3 Å². The molecular formula is C16H26FN3. The Hall–Kier alpha value is -0.970. The summed E-state index contributed by atoms with van der Waals surface area (Å²) in [5, 5.41) is 0. The Morgan fingerprint density at radius 2 is 2.00 bits per heavy atom. The maximum atomic E-state index is 13.0. The summed E-state index contributed by atoms with van der Waals surface area (Å²) in [6, 6.07) is 7.24. The maximum Gasteiger partial charge on any atom is 0.123 e. The van der Waals surface area contributed by atoms with Crippen molar-refractivity contribution in [3.8, 4) is 0 Å². The minimum Gasteiger partial charge on any atom is -0.323 e. The molecule has 112 valence electrons. The Kier molecular flexibility index (Phi) is 5.13. The number of likely N-dealkylation sites (tertiary alicyclic amines) is 1. The van der Waals surface area contributed by atoms with E-state index in [9.17, 15) is 4.39 Å². The number of piperidine rings is 1. The summed E-state index contributed by atoms with van der Waals surface area (Å²) < 4.78 is 13.0. The number of nitrogens with two attached hydrogens (primary N) is 1. The van der Waals surface area contributed by atoms with E-state index in [1.807, 2.05) is 0 Å². The van der Waals surface area contributed by atoms with Gasteiger partial charge >= 0.3 is 0 Å². The number of benzene rings is 1. The fourth-order valence-corrected chi connectivity index (χ4v) is 3.02. The zero-order valence-corrected chi connectivity index (χ0v) is 12.7. The highest BCUT2D eigenvalue weighted by Gasteiger charge is 2.27. The number of rotatable bonds is 4. The summed E-state index contributed by atoms with van der Waals surface area (Å²) in [5.74, 6) is -0.212. The monoisotopic (exact) mass is 279 g/mol. The highest BCUT2D eigenvalue weighted by molar-refractivity contribution is 5.21. The third kappa shape index (κ3) is 3.57. The summed E-state index contributed by atoms with van der Waals surface area (Å²) >= 11 is 0. The van der Waals surface area contributed by atoms with Crippen molar-refractivity contribution >= 4 is 0 Å². The van der Waals surface area contributed by atoms with Crippen molar-refractivity contribution < 1.29 is 4.39 Å². The van der Waals surface area contributed by atoms with Gasteiger partial charge in [0.25, 0.3) is 0 Å². The van der Waals surface area contributed by atoms with E-state index in [4.69, 9.17) is 5.73 Å². The minimum atomic E-state index is -0.212. The van der Waals surface area contributed by atoms with E-state index in [-0.39, 0.29) is 17.9 Å². The second kappa shape index (κ2) is 6.66. The van der Waals surface area contributed by atoms with Gasteiger partial charge in [-0.05, 0) is 58.1 Å². The van der Waals surface area contributed by atoms with Crippen LogP contribution in [-0.2, 0) is 0 Å². The smallest absolute Gasteiger partial charge is 0.123 e. The lowest BCUT2D eigenvalue weighted by atomic mass is 9.97. The quantitative estimate of drug-likeness (QED) is 0.917. The molecule has 1 aliphatic rings. The van der Waals surface area contributed by atoms with Crippen LogP contribution in [0.1, 0.15) is 31.4 Å². The molecule has 0 saturated carbocycles. The molecule has 1 heterocycles. The fourth-order valence-electron chi connectivity index (χ4n) is 3.02. The molecule has 1 fully saturated rings. The third-order valence-electron chi connectivity index (χ3n) is 4.59. The Bertz CT molecular complexity index is 420. The topological polar surface area (TPSA) is 32.5 Å². The molecule has 0 aromatic heterocycles. The van der Waals surface area contributed by atoms with Gasteiger partial charge in [-0.15, -0.1) is 0 Å². The molecule has 20 heavy (non-hydrogen) atoms. The van der Waals surface area contributed by atoms with Gasteiger partial charge in [-0.3, -0.25) is 4.90 Å². The van der Waals surface area contributed by atoms with Crippen molar-refractivity contribution in [3.05, 3.63) is 35.6 Å². The molecule has 1 aromatic carbocycles. The van der Waals surface area contributed by atoms with Crippen molar-refractivity contribution in [2.45, 2.75) is 37.9 Å². The first kappa shape index (κ1) is 15.4. The zero-order chi connectivity index (χ0) is 14.7. The summed E-state index contributed by atoms with van der Waals surface area (Å²) in [6.07, 6.45) is 2.46. The van der Waals surface area contributed by atoms with Crippen LogP contribution in [0.5, 0.6) is 0 Å². The maximum absolute atomic E-state index is 13.0. The molecule has 0 spiro atoms. The summed E-state index contributed by atoms with van der Waals surface area (Å²) in [5.41, 5.74) is 7.35. The standard InChI is InChI=1S/C16H26FN3/c1-12(16(18)13-6-8-14(17)9-7-13)20(3)15-5-4-10-19(2)11-15/h6-9,12,15-16H,4-5,10-11,18H2,1-3H3. The van der Waals surface area contributed by atoms with Crippen molar-refractivity contribution in [1.82, 2.24) is 9.80 Å². The Balaban J connectivity index is 2.01. The zero-order valence-electron chi connectivity index (χ0n) is 12.7. The Labute approximate surface area is 121 Å². The highest BCUT2D eigenvalue weighted by Crippen LogP contribution is 2.22. The average Bonchev–Trinajstić information content (AvgIpc) is 2.46. The molecule has 1 aromatic rings. The lowest BCUT2D eigenvalue weighted by Crippen LogP contribution is -2.50. The lowest BCUT2D eigenvalue weighted by molar-refractivity contribution is 0.0943. The van der Waals surface area contributed by atoms with Gasteiger partial charge in [0.15, 0.2) is 0 Å². The number of likely N-dealkylation sites (N-methyl/N-ethyl adjacent to an activating group) is 2. The van der Waals surface area contributed by atoms with E-state index in [1.54, 1.807) is 12.1 Å². The van der Waals surface area contributed by atoms with Gasteiger partial charge in [0.1, 0.15) is 5.82 Å². The Morgan fingerprint density at radius 1 is 1.35 bits per heavy atom. The largest absolute Gasteiger partial charge is 0.323 e. The second-order valence-corrected chi connectivity index (χ2v) is 6.04. The van der Waals surface area contributed by atoms with E-state index in [2.05, 4.69) is 30.8 Å². The molecule has 3 atom stereocenters. The molecule has 0 aliphatic carbocycles. The molecule has 0 radical (unpaired) electrons. The van der Waals surface area contributed by atoms with Crippen LogP contribution < -0.4 is 5.73 Å². The van der Waals surface area contributed by atoms with Crippen molar-refractivity contribution in [1.29, 1.82) is 0 Å². The molecule has 2 rings (SSSR count). The molecule has 3 nitrogen and oxygen atoms in total. The lowest BCUT2D eigenvalue weighted by Gasteiger charge is -2.40. The number of nitrogens with zero attached hydrogens (tertiary/aromatic N) is 2. The molecular weight excluding hydrogens is 253 g/mol. The van der Waals surface area contributed by atoms with E-state index >= 15 is 0 Å². The van der Waals surface area contributed by atoms with Crippen LogP contribution >= 0.6 is 0 Å². The van der Waals surface area contributed by atoms with Crippen LogP contribution in [0, 0.1) is 5.82 Å². The van der Waals surface area contributed by atoms with Gasteiger partial charge in [-0.25, -0.2) is 4.39 Å². The summed E-state index contributed by atoms with van der Waals surface area (Å²) in [7, 11) is 4.32. The van der Waals surface area contributed by atoms with Crippen LogP contribution in [0.2, 0.25) is 0 Å². The van der Waals surface area contributed by atoms with E-state index < -0.39 is 0 Å². The predicted octanol–water partition coefficient (Wildman–Crippen LogP) is 2.24. The Morgan fingerprint density at radius 3 is 2.60 bits per heavy atom. The van der Waals surface area contributed by atoms with Crippen molar-refractivity contribution in [2.75, 3.05) is 27.2 Å². The second-order valence-electron chi connectivity index (χ2n) is 6.04. The normalized spacial score (nSPS) is 23.8. The van der Waals surface area contributed by atoms with Gasteiger partial charge < -0.3 is 10.6 Å². The van der Waals surface area contributed by atoms with Gasteiger partial charge in [0.2, 0.25) is 0 Å². The molecule has 1 saturated heterocycles. The molecule has 2 N–H and O–H groups in total. The van der Waals surface area contributed by atoms with Crippen LogP contribution in [-0.4, -0.2) is 49.1 Å². The van der Waals surface area contributed by atoms with Gasteiger partial charge in [0, 0.05) is 24.7 Å². The van der Waals surface area contributed by atoms with Crippen molar-refractivity contribution in [2.24, 2.45) is 5.73 Å². The fraction of sp³-hybridized carbons (Fsp3) is 0.625. The van der Waals surface area contributed by atoms with Gasteiger partial charge in [0.05, 0.1) is 0 Å². The summed E-state index contributed by atoms with van der Waals surface area (Å²) in [6.45, 7) is 4.43. The van der Waals surface area contributed by atoms with Gasteiger partial charge in [-0.2, -0.15) is 0 Å². The highest BCUT2D eigenvalue weighted by atomic mass is 19.1.